The summed E-state index contributed by atoms with van der Waals surface area (Å²) in [6.45, 7) is 0.551. The molecule has 3 aromatic rings. The summed E-state index contributed by atoms with van der Waals surface area (Å²) in [7, 11) is 3.27. The van der Waals surface area contributed by atoms with Crippen molar-refractivity contribution in [2.24, 2.45) is 0 Å². The fourth-order valence-electron chi connectivity index (χ4n) is 2.27. The SMILES string of the molecule is COCCc1cnc(N)nc1Nc1cc(-c2ccc(OC)cc2)no1. The zero-order chi connectivity index (χ0) is 17.6. The Morgan fingerprint density at radius 3 is 2.72 bits per heavy atom. The van der Waals surface area contributed by atoms with Crippen LogP contribution in [0, 0.1) is 0 Å². The second-order valence-electron chi connectivity index (χ2n) is 5.27. The van der Waals surface area contributed by atoms with E-state index in [1.165, 1.54) is 0 Å². The number of nitrogen functional groups attached to an aromatic ring is 1. The highest BCUT2D eigenvalue weighted by molar-refractivity contribution is 5.65. The molecule has 0 atom stereocenters. The van der Waals surface area contributed by atoms with Crippen molar-refractivity contribution in [3.8, 4) is 17.0 Å². The van der Waals surface area contributed by atoms with E-state index in [1.54, 1.807) is 26.5 Å². The minimum Gasteiger partial charge on any atom is -0.497 e. The van der Waals surface area contributed by atoms with E-state index in [2.05, 4.69) is 20.4 Å². The van der Waals surface area contributed by atoms with Crippen molar-refractivity contribution >= 4 is 17.7 Å². The number of hydrogen-bond acceptors (Lipinski definition) is 8. The van der Waals surface area contributed by atoms with Gasteiger partial charge in [0, 0.05) is 36.9 Å². The van der Waals surface area contributed by atoms with Crippen molar-refractivity contribution < 1.29 is 14.0 Å². The summed E-state index contributed by atoms with van der Waals surface area (Å²) in [6.07, 6.45) is 2.32. The number of aromatic nitrogens is 3. The van der Waals surface area contributed by atoms with Crippen LogP contribution in [0.25, 0.3) is 11.3 Å². The third-order valence-electron chi connectivity index (χ3n) is 3.60. The topological polar surface area (TPSA) is 108 Å². The van der Waals surface area contributed by atoms with E-state index < -0.39 is 0 Å². The number of nitrogens with two attached hydrogens (primary N) is 1. The van der Waals surface area contributed by atoms with Crippen LogP contribution in [0.2, 0.25) is 0 Å². The number of nitrogens with one attached hydrogen (secondary N) is 1. The quantitative estimate of drug-likeness (QED) is 0.675. The Labute approximate surface area is 145 Å². The Morgan fingerprint density at radius 1 is 1.20 bits per heavy atom. The molecule has 0 saturated heterocycles. The fourth-order valence-corrected chi connectivity index (χ4v) is 2.27. The van der Waals surface area contributed by atoms with Gasteiger partial charge in [-0.1, -0.05) is 5.16 Å². The molecule has 8 nitrogen and oxygen atoms in total. The molecule has 130 valence electrons. The van der Waals surface area contributed by atoms with Crippen LogP contribution in [0.4, 0.5) is 17.7 Å². The molecule has 25 heavy (non-hydrogen) atoms. The standard InChI is InChI=1S/C17H19N5O3/c1-23-8-7-12-10-19-17(18)21-16(12)20-15-9-14(22-25-15)11-3-5-13(24-2)6-4-11/h3-6,9-10H,7-8H2,1-2H3,(H3,18,19,20,21). The van der Waals surface area contributed by atoms with Crippen molar-refractivity contribution in [1.29, 1.82) is 0 Å². The Balaban J connectivity index is 1.80. The zero-order valence-corrected chi connectivity index (χ0v) is 14.0. The van der Waals surface area contributed by atoms with Crippen molar-refractivity contribution in [2.75, 3.05) is 31.9 Å². The minimum atomic E-state index is 0.179. The second kappa shape index (κ2) is 7.63. The third-order valence-corrected chi connectivity index (χ3v) is 3.60. The number of anilines is 3. The molecule has 0 aliphatic rings. The number of rotatable bonds is 7. The third kappa shape index (κ3) is 4.04. The number of benzene rings is 1. The lowest BCUT2D eigenvalue weighted by molar-refractivity contribution is 0.202. The van der Waals surface area contributed by atoms with Gasteiger partial charge in [0.25, 0.3) is 0 Å². The van der Waals surface area contributed by atoms with E-state index in [9.17, 15) is 0 Å². The van der Waals surface area contributed by atoms with Crippen LogP contribution in [-0.4, -0.2) is 36.0 Å². The summed E-state index contributed by atoms with van der Waals surface area (Å²) in [4.78, 5) is 8.24. The molecule has 0 saturated carbocycles. The summed E-state index contributed by atoms with van der Waals surface area (Å²) in [5, 5.41) is 7.17. The second-order valence-corrected chi connectivity index (χ2v) is 5.27. The first-order valence-electron chi connectivity index (χ1n) is 7.68. The molecule has 1 aromatic carbocycles. The van der Waals surface area contributed by atoms with Crippen LogP contribution < -0.4 is 15.8 Å². The van der Waals surface area contributed by atoms with Crippen molar-refractivity contribution in [1.82, 2.24) is 15.1 Å². The average molecular weight is 341 g/mol. The Hall–Kier alpha value is -3.13. The van der Waals surface area contributed by atoms with E-state index in [0.29, 0.717) is 30.4 Å². The molecular weight excluding hydrogens is 322 g/mol. The van der Waals surface area contributed by atoms with Crippen LogP contribution in [-0.2, 0) is 11.2 Å². The molecule has 0 spiro atoms. The largest absolute Gasteiger partial charge is 0.497 e. The van der Waals surface area contributed by atoms with Crippen LogP contribution in [0.5, 0.6) is 5.75 Å². The van der Waals surface area contributed by atoms with E-state index in [4.69, 9.17) is 19.7 Å². The Bertz CT molecular complexity index is 833. The maximum atomic E-state index is 5.68. The number of methoxy groups -OCH3 is 2. The average Bonchev–Trinajstić information content (AvgIpc) is 3.10. The number of nitrogens with zero attached hydrogens (tertiary/aromatic N) is 3. The van der Waals surface area contributed by atoms with Gasteiger partial charge in [0.15, 0.2) is 0 Å². The molecule has 0 radical (unpaired) electrons. The highest BCUT2D eigenvalue weighted by atomic mass is 16.5. The Morgan fingerprint density at radius 2 is 2.00 bits per heavy atom. The molecule has 2 aromatic heterocycles. The molecule has 3 N–H and O–H groups in total. The highest BCUT2D eigenvalue weighted by Crippen LogP contribution is 2.26. The predicted molar refractivity (Wildman–Crippen MR) is 93.8 cm³/mol. The van der Waals surface area contributed by atoms with Crippen LogP contribution in [0.1, 0.15) is 5.56 Å². The van der Waals surface area contributed by atoms with Gasteiger partial charge in [0.05, 0.1) is 13.7 Å². The first-order chi connectivity index (χ1) is 12.2. The zero-order valence-electron chi connectivity index (χ0n) is 14.0. The highest BCUT2D eigenvalue weighted by Gasteiger charge is 2.11. The van der Waals surface area contributed by atoms with Crippen molar-refractivity contribution in [3.63, 3.8) is 0 Å². The van der Waals surface area contributed by atoms with Crippen molar-refractivity contribution in [3.05, 3.63) is 42.1 Å². The molecule has 0 unspecified atom stereocenters. The minimum absolute atomic E-state index is 0.179. The molecule has 0 aliphatic heterocycles. The van der Waals surface area contributed by atoms with Gasteiger partial charge in [-0.2, -0.15) is 4.98 Å². The molecule has 8 heteroatoms. The molecule has 0 aliphatic carbocycles. The molecular formula is C17H19N5O3. The van der Waals surface area contributed by atoms with Gasteiger partial charge < -0.3 is 25.0 Å². The van der Waals surface area contributed by atoms with Gasteiger partial charge in [0.1, 0.15) is 17.3 Å². The molecule has 0 amide bonds. The number of ether oxygens (including phenoxy) is 2. The first-order valence-corrected chi connectivity index (χ1v) is 7.68. The maximum absolute atomic E-state index is 5.68. The summed E-state index contributed by atoms with van der Waals surface area (Å²) >= 11 is 0. The summed E-state index contributed by atoms with van der Waals surface area (Å²) in [5.41, 5.74) is 8.17. The summed E-state index contributed by atoms with van der Waals surface area (Å²) in [5.74, 6) is 1.99. The molecule has 2 heterocycles. The summed E-state index contributed by atoms with van der Waals surface area (Å²) in [6, 6.07) is 9.34. The van der Waals surface area contributed by atoms with Crippen LogP contribution in [0.3, 0.4) is 0 Å². The lowest BCUT2D eigenvalue weighted by Gasteiger charge is -2.08. The van der Waals surface area contributed by atoms with Gasteiger partial charge in [-0.3, -0.25) is 0 Å². The van der Waals surface area contributed by atoms with Gasteiger partial charge in [-0.05, 0) is 24.3 Å². The van der Waals surface area contributed by atoms with Gasteiger partial charge >= 0.3 is 0 Å². The smallest absolute Gasteiger partial charge is 0.230 e. The van der Waals surface area contributed by atoms with Gasteiger partial charge in [-0.25, -0.2) is 4.98 Å². The van der Waals surface area contributed by atoms with E-state index in [1.807, 2.05) is 24.3 Å². The molecule has 0 fully saturated rings. The van der Waals surface area contributed by atoms with Gasteiger partial charge in [-0.15, -0.1) is 0 Å². The first kappa shape index (κ1) is 16.7. The van der Waals surface area contributed by atoms with Crippen LogP contribution in [0.15, 0.2) is 41.1 Å². The maximum Gasteiger partial charge on any atom is 0.230 e. The van der Waals surface area contributed by atoms with E-state index >= 15 is 0 Å². The molecule has 3 rings (SSSR count). The van der Waals surface area contributed by atoms with Gasteiger partial charge in [0.2, 0.25) is 11.8 Å². The Kier molecular flexibility index (Phi) is 5.10. The predicted octanol–water partition coefficient (Wildman–Crippen LogP) is 2.65. The normalized spacial score (nSPS) is 10.6. The fraction of sp³-hybridized carbons (Fsp3) is 0.235. The lowest BCUT2D eigenvalue weighted by Crippen LogP contribution is -2.05. The van der Waals surface area contributed by atoms with E-state index in [-0.39, 0.29) is 5.95 Å². The van der Waals surface area contributed by atoms with Crippen molar-refractivity contribution in [2.45, 2.75) is 6.42 Å². The van der Waals surface area contributed by atoms with Crippen LogP contribution >= 0.6 is 0 Å². The molecule has 0 bridgehead atoms. The summed E-state index contributed by atoms with van der Waals surface area (Å²) < 4.78 is 15.6. The van der Waals surface area contributed by atoms with E-state index in [0.717, 1.165) is 16.9 Å². The lowest BCUT2D eigenvalue weighted by atomic mass is 10.1. The number of hydrogen-bond donors (Lipinski definition) is 2. The monoisotopic (exact) mass is 341 g/mol.